The van der Waals surface area contributed by atoms with Gasteiger partial charge < -0.3 is 9.80 Å². The first-order valence-electron chi connectivity index (χ1n) is 10.1. The highest BCUT2D eigenvalue weighted by Crippen LogP contribution is 2.45. The minimum atomic E-state index is -0.357. The number of nitrogens with zero attached hydrogens (tertiary/aromatic N) is 3. The summed E-state index contributed by atoms with van der Waals surface area (Å²) in [5.41, 5.74) is 3.03. The molecule has 2 aliphatic carbocycles. The Bertz CT molecular complexity index is 1010. The van der Waals surface area contributed by atoms with E-state index >= 15 is 0 Å². The van der Waals surface area contributed by atoms with Crippen LogP contribution in [0.5, 0.6) is 0 Å². The van der Waals surface area contributed by atoms with Gasteiger partial charge in [-0.3, -0.25) is 9.59 Å². The molecule has 0 N–H and O–H groups in total. The smallest absolute Gasteiger partial charge is 0.231 e. The Labute approximate surface area is 174 Å². The van der Waals surface area contributed by atoms with E-state index in [-0.39, 0.29) is 17.5 Å². The van der Waals surface area contributed by atoms with Crippen molar-refractivity contribution in [2.24, 2.45) is 10.9 Å². The summed E-state index contributed by atoms with van der Waals surface area (Å²) in [6.45, 7) is 4.99. The van der Waals surface area contributed by atoms with Crippen LogP contribution < -0.4 is 0 Å². The van der Waals surface area contributed by atoms with Gasteiger partial charge in [-0.05, 0) is 44.3 Å². The van der Waals surface area contributed by atoms with E-state index < -0.39 is 0 Å². The first-order valence-corrected chi connectivity index (χ1v) is 10.9. The van der Waals surface area contributed by atoms with Crippen molar-refractivity contribution in [3.05, 3.63) is 58.5 Å². The Morgan fingerprint density at radius 2 is 1.90 bits per heavy atom. The van der Waals surface area contributed by atoms with Crippen molar-refractivity contribution in [1.29, 1.82) is 0 Å². The summed E-state index contributed by atoms with van der Waals surface area (Å²) in [4.78, 5) is 37.3. The third-order valence-electron chi connectivity index (χ3n) is 6.02. The second-order valence-electron chi connectivity index (χ2n) is 7.95. The predicted molar refractivity (Wildman–Crippen MR) is 116 cm³/mol. The van der Waals surface area contributed by atoms with Crippen molar-refractivity contribution in [3.8, 4) is 0 Å². The summed E-state index contributed by atoms with van der Waals surface area (Å²) in [6.07, 6.45) is 6.52. The molecule has 4 aliphatic rings. The summed E-state index contributed by atoms with van der Waals surface area (Å²) in [5, 5.41) is 0. The highest BCUT2D eigenvalue weighted by molar-refractivity contribution is 8.03. The highest BCUT2D eigenvalue weighted by atomic mass is 32.2. The number of piperazine rings is 1. The third kappa shape index (κ3) is 3.45. The maximum absolute atomic E-state index is 13.1. The van der Waals surface area contributed by atoms with E-state index in [0.29, 0.717) is 12.0 Å². The quantitative estimate of drug-likeness (QED) is 0.724. The molecular formula is C23H23N3O2S. The number of hydrogen-bond donors (Lipinski definition) is 0. The molecule has 148 valence electrons. The van der Waals surface area contributed by atoms with E-state index in [4.69, 9.17) is 4.99 Å². The fourth-order valence-corrected chi connectivity index (χ4v) is 5.27. The number of rotatable bonds is 3. The molecule has 6 heteroatoms. The number of para-hydroxylation sites is 1. The first kappa shape index (κ1) is 18.7. The van der Waals surface area contributed by atoms with Crippen LogP contribution in [0.3, 0.4) is 0 Å². The van der Waals surface area contributed by atoms with Crippen molar-refractivity contribution in [2.75, 3.05) is 39.8 Å². The van der Waals surface area contributed by atoms with Crippen molar-refractivity contribution in [1.82, 2.24) is 9.80 Å². The maximum atomic E-state index is 13.1. The number of carbonyl (C=O) groups is 2. The monoisotopic (exact) mass is 405 g/mol. The summed E-state index contributed by atoms with van der Waals surface area (Å²) in [6, 6.07) is 7.97. The van der Waals surface area contributed by atoms with Gasteiger partial charge in [-0.15, -0.1) is 0 Å². The number of hydrogen-bond acceptors (Lipinski definition) is 6. The van der Waals surface area contributed by atoms with Crippen LogP contribution in [-0.2, 0) is 9.59 Å². The number of ketones is 2. The molecule has 1 atom stereocenters. The number of thioether (sulfide) groups is 1. The lowest BCUT2D eigenvalue weighted by Crippen LogP contribution is -2.45. The molecule has 0 amide bonds. The van der Waals surface area contributed by atoms with E-state index in [0.717, 1.165) is 59.5 Å². The second-order valence-corrected chi connectivity index (χ2v) is 9.04. The third-order valence-corrected chi connectivity index (χ3v) is 7.14. The number of aliphatic imine (C=N–C) groups is 1. The molecule has 5 rings (SSSR count). The van der Waals surface area contributed by atoms with Gasteiger partial charge in [0, 0.05) is 53.0 Å². The zero-order valence-corrected chi connectivity index (χ0v) is 17.2. The van der Waals surface area contributed by atoms with Crippen molar-refractivity contribution >= 4 is 34.7 Å². The minimum absolute atomic E-state index is 0.278. The molecule has 1 aromatic carbocycles. The maximum Gasteiger partial charge on any atom is 0.231 e. The molecule has 2 heterocycles. The van der Waals surface area contributed by atoms with Crippen LogP contribution in [0.15, 0.2) is 68.4 Å². The normalized spacial score (nSPS) is 24.7. The molecular weight excluding hydrogens is 382 g/mol. The minimum Gasteiger partial charge on any atom is -0.304 e. The van der Waals surface area contributed by atoms with Gasteiger partial charge in [0.2, 0.25) is 11.6 Å². The molecule has 5 nitrogen and oxygen atoms in total. The average Bonchev–Trinajstić information content (AvgIpc) is 2.71. The lowest BCUT2D eigenvalue weighted by atomic mass is 9.82. The lowest BCUT2D eigenvalue weighted by Gasteiger charge is -2.33. The predicted octanol–water partition coefficient (Wildman–Crippen LogP) is 3.02. The Balaban J connectivity index is 1.45. The molecule has 0 saturated carbocycles. The van der Waals surface area contributed by atoms with Gasteiger partial charge in [-0.2, -0.15) is 0 Å². The van der Waals surface area contributed by atoms with E-state index in [1.54, 1.807) is 11.8 Å². The van der Waals surface area contributed by atoms with E-state index in [9.17, 15) is 9.59 Å². The Kier molecular flexibility index (Phi) is 4.86. The van der Waals surface area contributed by atoms with Crippen LogP contribution in [-0.4, -0.2) is 66.8 Å². The van der Waals surface area contributed by atoms with E-state index in [1.807, 2.05) is 42.5 Å². The number of allylic oxidation sites excluding steroid dienone is 5. The fourth-order valence-electron chi connectivity index (χ4n) is 4.13. The molecule has 1 fully saturated rings. The number of benzene rings is 1. The number of carbonyl (C=O) groups excluding carboxylic acids is 2. The van der Waals surface area contributed by atoms with E-state index in [2.05, 4.69) is 16.8 Å². The molecule has 0 spiro atoms. The average molecular weight is 406 g/mol. The van der Waals surface area contributed by atoms with Crippen LogP contribution in [0, 0.1) is 5.92 Å². The molecule has 0 aromatic heterocycles. The van der Waals surface area contributed by atoms with Crippen molar-refractivity contribution in [2.45, 2.75) is 11.3 Å². The second kappa shape index (κ2) is 7.52. The van der Waals surface area contributed by atoms with Gasteiger partial charge in [0.15, 0.2) is 0 Å². The highest BCUT2D eigenvalue weighted by Gasteiger charge is 2.38. The van der Waals surface area contributed by atoms with Gasteiger partial charge in [-0.1, -0.05) is 30.0 Å². The van der Waals surface area contributed by atoms with Crippen molar-refractivity contribution in [3.63, 3.8) is 0 Å². The number of fused-ring (bicyclic) bond motifs is 3. The molecule has 2 aliphatic heterocycles. The first-order chi connectivity index (χ1) is 14.1. The van der Waals surface area contributed by atoms with Crippen LogP contribution in [0.25, 0.3) is 0 Å². The molecule has 29 heavy (non-hydrogen) atoms. The van der Waals surface area contributed by atoms with Gasteiger partial charge >= 0.3 is 0 Å². The molecule has 0 radical (unpaired) electrons. The zero-order chi connectivity index (χ0) is 20.0. The molecule has 1 aromatic rings. The topological polar surface area (TPSA) is 53.0 Å². The number of likely N-dealkylation sites (N-methyl/N-ethyl adjacent to an activating group) is 1. The van der Waals surface area contributed by atoms with Gasteiger partial charge in [0.1, 0.15) is 0 Å². The van der Waals surface area contributed by atoms with Gasteiger partial charge in [0.05, 0.1) is 11.4 Å². The van der Waals surface area contributed by atoms with E-state index in [1.165, 1.54) is 0 Å². The Morgan fingerprint density at radius 3 is 2.66 bits per heavy atom. The standard InChI is InChI=1S/C23H23N3O2S/c1-25-10-12-26(13-11-25)9-8-15-14-20-21(23(28)22(15)27)16-6-7-17(16)24-18-4-2-3-5-19(18)29-20/h2-7,14-15H,8-13H2,1H3. The van der Waals surface area contributed by atoms with Gasteiger partial charge in [-0.25, -0.2) is 4.99 Å². The largest absolute Gasteiger partial charge is 0.304 e. The zero-order valence-electron chi connectivity index (χ0n) is 16.4. The SMILES string of the molecule is CN1CCN(CCC2C=C3Sc4ccccc4N=C4C=CC4=C3C(=O)C2=O)CC1. The molecule has 0 bridgehead atoms. The van der Waals surface area contributed by atoms with Crippen LogP contribution in [0.4, 0.5) is 5.69 Å². The van der Waals surface area contributed by atoms with Crippen LogP contribution in [0.1, 0.15) is 6.42 Å². The summed E-state index contributed by atoms with van der Waals surface area (Å²) in [5.74, 6) is -0.977. The van der Waals surface area contributed by atoms with Crippen LogP contribution >= 0.6 is 11.8 Å². The molecule has 1 unspecified atom stereocenters. The number of Topliss-reactive ketones (excluding diaryl/α,β-unsaturated/α-hetero) is 2. The summed E-state index contributed by atoms with van der Waals surface area (Å²) < 4.78 is 0. The molecule has 1 saturated heterocycles. The van der Waals surface area contributed by atoms with Crippen LogP contribution in [0.2, 0.25) is 0 Å². The summed E-state index contributed by atoms with van der Waals surface area (Å²) in [7, 11) is 2.14. The lowest BCUT2D eigenvalue weighted by molar-refractivity contribution is -0.136. The van der Waals surface area contributed by atoms with Gasteiger partial charge in [0.25, 0.3) is 0 Å². The fraction of sp³-hybridized carbons (Fsp3) is 0.348. The Hall–Kier alpha value is -2.28. The Morgan fingerprint density at radius 1 is 1.10 bits per heavy atom. The summed E-state index contributed by atoms with van der Waals surface area (Å²) >= 11 is 1.55. The van der Waals surface area contributed by atoms with Crippen molar-refractivity contribution < 1.29 is 9.59 Å².